The largest absolute Gasteiger partial charge is 0.490 e. The first-order chi connectivity index (χ1) is 13.5. The summed E-state index contributed by atoms with van der Waals surface area (Å²) < 4.78 is 11.7. The van der Waals surface area contributed by atoms with E-state index in [2.05, 4.69) is 0 Å². The summed E-state index contributed by atoms with van der Waals surface area (Å²) in [6.45, 7) is 1.13. The van der Waals surface area contributed by atoms with Crippen LogP contribution in [0.3, 0.4) is 0 Å². The highest BCUT2D eigenvalue weighted by Crippen LogP contribution is 2.25. The first-order valence-corrected chi connectivity index (χ1v) is 9.46. The van der Waals surface area contributed by atoms with Gasteiger partial charge in [0.15, 0.2) is 0 Å². The Kier molecular flexibility index (Phi) is 6.54. The van der Waals surface area contributed by atoms with Gasteiger partial charge in [-0.15, -0.1) is 0 Å². The maximum Gasteiger partial charge on any atom is 0.227 e. The van der Waals surface area contributed by atoms with E-state index in [0.717, 1.165) is 5.56 Å². The Morgan fingerprint density at radius 2 is 1.86 bits per heavy atom. The van der Waals surface area contributed by atoms with Gasteiger partial charge in [-0.2, -0.15) is 0 Å². The van der Waals surface area contributed by atoms with Crippen molar-refractivity contribution in [3.63, 3.8) is 0 Å². The fraction of sp³-hybridized carbons (Fsp3) is 0.333. The summed E-state index contributed by atoms with van der Waals surface area (Å²) >= 11 is 5.89. The Bertz CT molecular complexity index is 813. The standard InChI is InChI=1S/C21H23ClN2O4/c22-17-6-8-18(9-7-17)27-15-21(13-19(23)25)14-24(10-11-28-21)20(26)12-16-4-2-1-3-5-16/h1-9H,10-15H2,(H2,23,25). The number of morpholine rings is 1. The Labute approximate surface area is 169 Å². The average molecular weight is 403 g/mol. The zero-order valence-electron chi connectivity index (χ0n) is 15.5. The van der Waals surface area contributed by atoms with Gasteiger partial charge in [0, 0.05) is 11.6 Å². The second-order valence-electron chi connectivity index (χ2n) is 6.89. The minimum Gasteiger partial charge on any atom is -0.490 e. The SMILES string of the molecule is NC(=O)CC1(COc2ccc(Cl)cc2)CN(C(=O)Cc2ccccc2)CCO1. The highest BCUT2D eigenvalue weighted by atomic mass is 35.5. The summed E-state index contributed by atoms with van der Waals surface area (Å²) in [5.74, 6) is 0.0801. The van der Waals surface area contributed by atoms with Crippen molar-refractivity contribution in [2.75, 3.05) is 26.3 Å². The minimum atomic E-state index is -0.976. The number of primary amides is 1. The van der Waals surface area contributed by atoms with Crippen molar-refractivity contribution in [2.45, 2.75) is 18.4 Å². The molecule has 0 spiro atoms. The van der Waals surface area contributed by atoms with Gasteiger partial charge in [0.05, 0.1) is 26.0 Å². The predicted octanol–water partition coefficient (Wildman–Crippen LogP) is 2.43. The molecule has 0 bridgehead atoms. The first-order valence-electron chi connectivity index (χ1n) is 9.08. The van der Waals surface area contributed by atoms with Gasteiger partial charge in [-0.3, -0.25) is 9.59 Å². The van der Waals surface area contributed by atoms with E-state index in [1.165, 1.54) is 0 Å². The molecule has 1 saturated heterocycles. The van der Waals surface area contributed by atoms with Gasteiger partial charge >= 0.3 is 0 Å². The van der Waals surface area contributed by atoms with E-state index in [1.807, 2.05) is 30.3 Å². The summed E-state index contributed by atoms with van der Waals surface area (Å²) in [6.07, 6.45) is 0.265. The van der Waals surface area contributed by atoms with Crippen molar-refractivity contribution in [3.8, 4) is 5.75 Å². The van der Waals surface area contributed by atoms with Crippen molar-refractivity contribution in [1.29, 1.82) is 0 Å². The Hall–Kier alpha value is -2.57. The van der Waals surface area contributed by atoms with Crippen molar-refractivity contribution in [3.05, 3.63) is 65.2 Å². The number of nitrogens with two attached hydrogens (primary N) is 1. The van der Waals surface area contributed by atoms with Crippen LogP contribution < -0.4 is 10.5 Å². The number of benzene rings is 2. The molecular weight excluding hydrogens is 380 g/mol. The fourth-order valence-corrected chi connectivity index (χ4v) is 3.37. The Morgan fingerprint density at radius 1 is 1.14 bits per heavy atom. The average Bonchev–Trinajstić information content (AvgIpc) is 2.68. The number of carbonyl (C=O) groups excluding carboxylic acids is 2. The lowest BCUT2D eigenvalue weighted by Crippen LogP contribution is -2.58. The van der Waals surface area contributed by atoms with Crippen molar-refractivity contribution >= 4 is 23.4 Å². The molecule has 28 heavy (non-hydrogen) atoms. The summed E-state index contributed by atoms with van der Waals surface area (Å²) in [4.78, 5) is 26.1. The molecule has 2 N–H and O–H groups in total. The van der Waals surface area contributed by atoms with Gasteiger partial charge < -0.3 is 20.1 Å². The number of hydrogen-bond donors (Lipinski definition) is 1. The Morgan fingerprint density at radius 3 is 2.54 bits per heavy atom. The summed E-state index contributed by atoms with van der Waals surface area (Å²) in [5, 5.41) is 0.603. The van der Waals surface area contributed by atoms with Crippen LogP contribution in [0.25, 0.3) is 0 Å². The van der Waals surface area contributed by atoms with E-state index in [-0.39, 0.29) is 25.5 Å². The second-order valence-corrected chi connectivity index (χ2v) is 7.33. The molecule has 1 atom stereocenters. The molecule has 0 aliphatic carbocycles. The maximum atomic E-state index is 12.8. The number of nitrogens with zero attached hydrogens (tertiary/aromatic N) is 1. The predicted molar refractivity (Wildman–Crippen MR) is 106 cm³/mol. The van der Waals surface area contributed by atoms with Crippen LogP contribution in [0, 0.1) is 0 Å². The molecule has 148 valence electrons. The van der Waals surface area contributed by atoms with Crippen LogP contribution in [-0.2, 0) is 20.7 Å². The zero-order valence-corrected chi connectivity index (χ0v) is 16.2. The zero-order chi connectivity index (χ0) is 20.0. The van der Waals surface area contributed by atoms with E-state index < -0.39 is 11.5 Å². The maximum absolute atomic E-state index is 12.8. The van der Waals surface area contributed by atoms with Crippen LogP contribution in [0.2, 0.25) is 5.02 Å². The molecule has 0 aromatic heterocycles. The third-order valence-electron chi connectivity index (χ3n) is 4.61. The van der Waals surface area contributed by atoms with Crippen LogP contribution in [0.4, 0.5) is 0 Å². The van der Waals surface area contributed by atoms with Gasteiger partial charge in [0.1, 0.15) is 18.0 Å². The number of hydrogen-bond acceptors (Lipinski definition) is 4. The number of ether oxygens (including phenoxy) is 2. The lowest BCUT2D eigenvalue weighted by Gasteiger charge is -2.42. The number of halogens is 1. The number of amides is 2. The molecule has 2 aromatic carbocycles. The smallest absolute Gasteiger partial charge is 0.227 e. The van der Waals surface area contributed by atoms with E-state index in [9.17, 15) is 9.59 Å². The van der Waals surface area contributed by atoms with Gasteiger partial charge in [-0.1, -0.05) is 41.9 Å². The van der Waals surface area contributed by atoms with Gasteiger partial charge in [0.25, 0.3) is 0 Å². The number of carbonyl (C=O) groups is 2. The molecule has 0 radical (unpaired) electrons. The third-order valence-corrected chi connectivity index (χ3v) is 4.86. The fourth-order valence-electron chi connectivity index (χ4n) is 3.25. The monoisotopic (exact) mass is 402 g/mol. The van der Waals surface area contributed by atoms with Crippen LogP contribution in [0.1, 0.15) is 12.0 Å². The molecule has 2 aromatic rings. The third kappa shape index (κ3) is 5.47. The van der Waals surface area contributed by atoms with Crippen molar-refractivity contribution in [2.24, 2.45) is 5.73 Å². The molecule has 7 heteroatoms. The first kappa shape index (κ1) is 20.2. The molecule has 1 aliphatic heterocycles. The highest BCUT2D eigenvalue weighted by molar-refractivity contribution is 6.30. The molecule has 1 aliphatic rings. The number of rotatable bonds is 7. The van der Waals surface area contributed by atoms with E-state index in [4.69, 9.17) is 26.8 Å². The van der Waals surface area contributed by atoms with E-state index in [0.29, 0.717) is 30.3 Å². The molecule has 3 rings (SSSR count). The van der Waals surface area contributed by atoms with Crippen LogP contribution in [0.5, 0.6) is 5.75 Å². The molecule has 2 amide bonds. The lowest BCUT2D eigenvalue weighted by molar-refractivity contribution is -0.161. The molecule has 1 heterocycles. The highest BCUT2D eigenvalue weighted by Gasteiger charge is 2.40. The van der Waals surface area contributed by atoms with Crippen molar-refractivity contribution < 1.29 is 19.1 Å². The van der Waals surface area contributed by atoms with E-state index >= 15 is 0 Å². The normalized spacial score (nSPS) is 19.2. The molecule has 0 saturated carbocycles. The molecular formula is C21H23ClN2O4. The summed E-state index contributed by atoms with van der Waals surface area (Å²) in [7, 11) is 0. The lowest BCUT2D eigenvalue weighted by atomic mass is 9.97. The minimum absolute atomic E-state index is 0.0187. The van der Waals surface area contributed by atoms with Gasteiger partial charge in [-0.05, 0) is 29.8 Å². The van der Waals surface area contributed by atoms with Gasteiger partial charge in [-0.25, -0.2) is 0 Å². The molecule has 1 fully saturated rings. The van der Waals surface area contributed by atoms with Gasteiger partial charge in [0.2, 0.25) is 11.8 Å². The molecule has 1 unspecified atom stereocenters. The summed E-state index contributed by atoms with van der Waals surface area (Å²) in [5.41, 5.74) is 5.41. The quantitative estimate of drug-likeness (QED) is 0.771. The van der Waals surface area contributed by atoms with Crippen LogP contribution in [0.15, 0.2) is 54.6 Å². The summed E-state index contributed by atoms with van der Waals surface area (Å²) in [6, 6.07) is 16.5. The topological polar surface area (TPSA) is 81.9 Å². The second kappa shape index (κ2) is 9.08. The molecule has 6 nitrogen and oxygen atoms in total. The van der Waals surface area contributed by atoms with Crippen molar-refractivity contribution in [1.82, 2.24) is 4.90 Å². The van der Waals surface area contributed by atoms with Crippen LogP contribution >= 0.6 is 11.6 Å². The Balaban J connectivity index is 1.69. The van der Waals surface area contributed by atoms with Crippen LogP contribution in [-0.4, -0.2) is 48.6 Å². The van der Waals surface area contributed by atoms with E-state index in [1.54, 1.807) is 29.2 Å².